The van der Waals surface area contributed by atoms with E-state index in [9.17, 15) is 26.7 Å². The SMILES string of the molecule is CCOc1ccc(OC(=O)C2CCC(c3ccc(-c4ccc(OCC)c(F)c4F)c(F)c3)CC2)c(F)c1F. The van der Waals surface area contributed by atoms with Gasteiger partial charge in [0, 0.05) is 11.1 Å². The molecule has 1 aliphatic carbocycles. The Bertz CT molecular complexity index is 1320. The van der Waals surface area contributed by atoms with Crippen molar-refractivity contribution < 1.29 is 41.0 Å². The van der Waals surface area contributed by atoms with Gasteiger partial charge in [-0.3, -0.25) is 4.79 Å². The van der Waals surface area contributed by atoms with Crippen LogP contribution >= 0.6 is 0 Å². The van der Waals surface area contributed by atoms with Crippen LogP contribution in [0.2, 0.25) is 0 Å². The van der Waals surface area contributed by atoms with E-state index in [4.69, 9.17) is 14.2 Å². The maximum atomic E-state index is 15.0. The van der Waals surface area contributed by atoms with Crippen LogP contribution in [-0.4, -0.2) is 19.2 Å². The van der Waals surface area contributed by atoms with E-state index < -0.39 is 46.7 Å². The zero-order valence-electron chi connectivity index (χ0n) is 21.0. The molecule has 1 aliphatic rings. The third-order valence-corrected chi connectivity index (χ3v) is 6.68. The maximum Gasteiger partial charge on any atom is 0.314 e. The van der Waals surface area contributed by atoms with Crippen LogP contribution in [0.5, 0.6) is 17.2 Å². The Hall–Kier alpha value is -3.62. The largest absolute Gasteiger partial charge is 0.491 e. The minimum Gasteiger partial charge on any atom is -0.491 e. The molecule has 0 atom stereocenters. The van der Waals surface area contributed by atoms with Gasteiger partial charge in [-0.25, -0.2) is 8.78 Å². The zero-order valence-corrected chi connectivity index (χ0v) is 21.0. The van der Waals surface area contributed by atoms with Crippen LogP contribution < -0.4 is 14.2 Å². The first-order chi connectivity index (χ1) is 18.2. The fourth-order valence-electron chi connectivity index (χ4n) is 4.72. The van der Waals surface area contributed by atoms with Gasteiger partial charge in [0.1, 0.15) is 5.82 Å². The number of rotatable bonds is 8. The first-order valence-electron chi connectivity index (χ1n) is 12.5. The molecule has 0 radical (unpaired) electrons. The summed E-state index contributed by atoms with van der Waals surface area (Å²) < 4.78 is 87.3. The first-order valence-corrected chi connectivity index (χ1v) is 12.5. The third kappa shape index (κ3) is 5.61. The Balaban J connectivity index is 1.41. The number of halogens is 5. The number of benzene rings is 3. The molecule has 0 amide bonds. The highest BCUT2D eigenvalue weighted by Crippen LogP contribution is 2.39. The summed E-state index contributed by atoms with van der Waals surface area (Å²) in [5, 5.41) is 0. The fourth-order valence-corrected chi connectivity index (χ4v) is 4.72. The minimum atomic E-state index is -1.29. The van der Waals surface area contributed by atoms with E-state index in [1.54, 1.807) is 19.9 Å². The van der Waals surface area contributed by atoms with Crippen LogP contribution in [0.1, 0.15) is 51.0 Å². The van der Waals surface area contributed by atoms with Crippen molar-refractivity contribution in [3.8, 4) is 28.4 Å². The molecule has 3 aromatic carbocycles. The molecule has 4 rings (SSSR count). The van der Waals surface area contributed by atoms with Crippen molar-refractivity contribution in [3.05, 3.63) is 77.1 Å². The van der Waals surface area contributed by atoms with Gasteiger partial charge in [-0.1, -0.05) is 12.1 Å². The number of carbonyl (C=O) groups excluding carboxylic acids is 1. The summed E-state index contributed by atoms with van der Waals surface area (Å²) in [6, 6.07) is 9.25. The van der Waals surface area contributed by atoms with Crippen molar-refractivity contribution in [2.24, 2.45) is 5.92 Å². The molecule has 1 fully saturated rings. The fraction of sp³-hybridized carbons (Fsp3) is 0.345. The lowest BCUT2D eigenvalue weighted by molar-refractivity contribution is -0.140. The van der Waals surface area contributed by atoms with Crippen LogP contribution in [-0.2, 0) is 4.79 Å². The lowest BCUT2D eigenvalue weighted by Gasteiger charge is -2.27. The molecule has 0 N–H and O–H groups in total. The summed E-state index contributed by atoms with van der Waals surface area (Å²) in [5.41, 5.74) is 0.388. The van der Waals surface area contributed by atoms with Crippen LogP contribution in [0.25, 0.3) is 11.1 Å². The summed E-state index contributed by atoms with van der Waals surface area (Å²) >= 11 is 0. The van der Waals surface area contributed by atoms with Crippen molar-refractivity contribution in [1.82, 2.24) is 0 Å². The third-order valence-electron chi connectivity index (χ3n) is 6.68. The van der Waals surface area contributed by atoms with Crippen LogP contribution in [0, 0.1) is 35.0 Å². The highest BCUT2D eigenvalue weighted by atomic mass is 19.2. The van der Waals surface area contributed by atoms with E-state index in [1.165, 1.54) is 30.3 Å². The van der Waals surface area contributed by atoms with Gasteiger partial charge >= 0.3 is 5.97 Å². The van der Waals surface area contributed by atoms with Crippen LogP contribution in [0.3, 0.4) is 0 Å². The Kier molecular flexibility index (Phi) is 8.54. The van der Waals surface area contributed by atoms with Crippen LogP contribution in [0.4, 0.5) is 22.0 Å². The molecular weight excluding hydrogens is 507 g/mol. The summed E-state index contributed by atoms with van der Waals surface area (Å²) in [7, 11) is 0. The number of hydrogen-bond acceptors (Lipinski definition) is 4. The second-order valence-electron chi connectivity index (χ2n) is 9.00. The van der Waals surface area contributed by atoms with E-state index in [1.807, 2.05) is 0 Å². The lowest BCUT2D eigenvalue weighted by Crippen LogP contribution is -2.25. The number of ether oxygens (including phenoxy) is 3. The van der Waals surface area contributed by atoms with E-state index in [0.29, 0.717) is 31.2 Å². The van der Waals surface area contributed by atoms with Gasteiger partial charge in [-0.05, 0) is 81.3 Å². The van der Waals surface area contributed by atoms with Crippen molar-refractivity contribution in [2.45, 2.75) is 45.4 Å². The Morgan fingerprint density at radius 1 is 0.711 bits per heavy atom. The van der Waals surface area contributed by atoms with Gasteiger partial charge < -0.3 is 14.2 Å². The van der Waals surface area contributed by atoms with Crippen molar-refractivity contribution >= 4 is 5.97 Å². The number of esters is 1. The molecular formula is C29H27F5O4. The monoisotopic (exact) mass is 534 g/mol. The highest BCUT2D eigenvalue weighted by Gasteiger charge is 2.30. The summed E-state index contributed by atoms with van der Waals surface area (Å²) in [6.45, 7) is 3.59. The van der Waals surface area contributed by atoms with Crippen LogP contribution in [0.15, 0.2) is 42.5 Å². The molecule has 0 unspecified atom stereocenters. The molecule has 0 aromatic heterocycles. The van der Waals surface area contributed by atoms with Gasteiger partial charge in [-0.2, -0.15) is 13.2 Å². The molecule has 0 saturated heterocycles. The Labute approximate surface area is 217 Å². The lowest BCUT2D eigenvalue weighted by atomic mass is 9.78. The topological polar surface area (TPSA) is 44.8 Å². The van der Waals surface area contributed by atoms with Gasteiger partial charge in [0.25, 0.3) is 0 Å². The molecule has 0 spiro atoms. The highest BCUT2D eigenvalue weighted by molar-refractivity contribution is 5.75. The zero-order chi connectivity index (χ0) is 27.4. The number of carbonyl (C=O) groups is 1. The molecule has 0 heterocycles. The van der Waals surface area contributed by atoms with Crippen molar-refractivity contribution in [1.29, 1.82) is 0 Å². The molecule has 9 heteroatoms. The predicted octanol–water partition coefficient (Wildman–Crippen LogP) is 7.73. The smallest absolute Gasteiger partial charge is 0.314 e. The second kappa shape index (κ2) is 11.8. The van der Waals surface area contributed by atoms with E-state index >= 15 is 0 Å². The first kappa shape index (κ1) is 27.4. The molecule has 0 aliphatic heterocycles. The summed E-state index contributed by atoms with van der Waals surface area (Å²) in [5.74, 6) is -7.84. The summed E-state index contributed by atoms with van der Waals surface area (Å²) in [4.78, 5) is 12.6. The van der Waals surface area contributed by atoms with Crippen molar-refractivity contribution in [3.63, 3.8) is 0 Å². The maximum absolute atomic E-state index is 15.0. The van der Waals surface area contributed by atoms with Crippen molar-refractivity contribution in [2.75, 3.05) is 13.2 Å². The van der Waals surface area contributed by atoms with E-state index in [-0.39, 0.29) is 41.8 Å². The Morgan fingerprint density at radius 3 is 1.84 bits per heavy atom. The van der Waals surface area contributed by atoms with Gasteiger partial charge in [0.15, 0.2) is 23.1 Å². The van der Waals surface area contributed by atoms with E-state index in [0.717, 1.165) is 6.07 Å². The average molecular weight is 535 g/mol. The molecule has 0 bridgehead atoms. The summed E-state index contributed by atoms with van der Waals surface area (Å²) in [6.07, 6.45) is 1.88. The molecule has 38 heavy (non-hydrogen) atoms. The van der Waals surface area contributed by atoms with E-state index in [2.05, 4.69) is 0 Å². The van der Waals surface area contributed by atoms with Gasteiger partial charge in [-0.15, -0.1) is 0 Å². The predicted molar refractivity (Wildman–Crippen MR) is 131 cm³/mol. The quantitative estimate of drug-likeness (QED) is 0.169. The second-order valence-corrected chi connectivity index (χ2v) is 9.00. The van der Waals surface area contributed by atoms with Gasteiger partial charge in [0.2, 0.25) is 17.5 Å². The minimum absolute atomic E-state index is 0.0656. The number of hydrogen-bond donors (Lipinski definition) is 0. The molecule has 3 aromatic rings. The normalized spacial score (nSPS) is 17.2. The average Bonchev–Trinajstić information content (AvgIpc) is 2.92. The molecule has 202 valence electrons. The standard InChI is InChI=1S/C29H27F5O4/c1-3-36-22-12-11-20(25(31)26(22)32)19-10-9-18(15-21(19)30)16-5-7-17(8-6-16)29(35)38-24-14-13-23(37-4-2)27(33)28(24)34/h9-17H,3-8H2,1-2H3. The Morgan fingerprint density at radius 2 is 1.24 bits per heavy atom. The molecule has 1 saturated carbocycles. The van der Waals surface area contributed by atoms with Gasteiger partial charge in [0.05, 0.1) is 19.1 Å². The molecule has 4 nitrogen and oxygen atoms in total.